The lowest BCUT2D eigenvalue weighted by Crippen LogP contribution is -2.46. The lowest BCUT2D eigenvalue weighted by atomic mass is 9.95. The summed E-state index contributed by atoms with van der Waals surface area (Å²) in [6, 6.07) is 10.7. The maximum Gasteiger partial charge on any atom is 0.338 e. The van der Waals surface area contributed by atoms with Crippen LogP contribution in [0.1, 0.15) is 49.6 Å². The van der Waals surface area contributed by atoms with E-state index in [1.54, 1.807) is 36.4 Å². The van der Waals surface area contributed by atoms with Crippen LogP contribution in [0.4, 0.5) is 10.6 Å². The van der Waals surface area contributed by atoms with Crippen molar-refractivity contribution in [2.75, 3.05) is 11.9 Å². The second kappa shape index (κ2) is 10.7. The zero-order chi connectivity index (χ0) is 25.7. The molecule has 1 atom stereocenters. The number of urea groups is 1. The van der Waals surface area contributed by atoms with E-state index in [0.29, 0.717) is 41.1 Å². The molecule has 3 heterocycles. The summed E-state index contributed by atoms with van der Waals surface area (Å²) >= 11 is 0. The number of allylic oxidation sites excluding steroid dienone is 3. The van der Waals surface area contributed by atoms with E-state index in [4.69, 9.17) is 14.7 Å². The third-order valence-corrected chi connectivity index (χ3v) is 5.85. The zero-order valence-electron chi connectivity index (χ0n) is 19.9. The van der Waals surface area contributed by atoms with Gasteiger partial charge in [-0.2, -0.15) is 5.26 Å². The van der Waals surface area contributed by atoms with Crippen LogP contribution in [0.25, 0.3) is 0 Å². The molecular formula is C26H25N5O5. The van der Waals surface area contributed by atoms with Gasteiger partial charge in [0.15, 0.2) is 18.2 Å². The molecule has 0 bridgehead atoms. The largest absolute Gasteiger partial charge is 0.480 e. The van der Waals surface area contributed by atoms with Crippen molar-refractivity contribution < 1.29 is 23.9 Å². The molecule has 0 saturated carbocycles. The van der Waals surface area contributed by atoms with Gasteiger partial charge in [-0.05, 0) is 56.5 Å². The second-order valence-corrected chi connectivity index (χ2v) is 8.37. The molecule has 2 aromatic rings. The molecular weight excluding hydrogens is 462 g/mol. The molecule has 36 heavy (non-hydrogen) atoms. The molecule has 0 aliphatic carbocycles. The molecule has 0 saturated heterocycles. The van der Waals surface area contributed by atoms with E-state index in [1.165, 1.54) is 0 Å². The third-order valence-electron chi connectivity index (χ3n) is 5.85. The van der Waals surface area contributed by atoms with E-state index in [9.17, 15) is 14.4 Å². The van der Waals surface area contributed by atoms with Crippen molar-refractivity contribution in [3.05, 3.63) is 76.1 Å². The van der Waals surface area contributed by atoms with Gasteiger partial charge in [-0.25, -0.2) is 14.6 Å². The van der Waals surface area contributed by atoms with E-state index < -0.39 is 18.0 Å². The highest BCUT2D eigenvalue weighted by Crippen LogP contribution is 2.33. The Balaban J connectivity index is 1.68. The van der Waals surface area contributed by atoms with Gasteiger partial charge in [0.25, 0.3) is 5.91 Å². The summed E-state index contributed by atoms with van der Waals surface area (Å²) in [6.45, 7) is 3.72. The average molecular weight is 488 g/mol. The Morgan fingerprint density at radius 3 is 2.89 bits per heavy atom. The fraction of sp³-hybridized carbons (Fsp3) is 0.269. The number of amides is 3. The molecule has 3 N–H and O–H groups in total. The number of aromatic nitrogens is 1. The number of fused-ring (bicyclic) bond motifs is 1. The molecule has 0 spiro atoms. The highest BCUT2D eigenvalue weighted by molar-refractivity contribution is 5.96. The van der Waals surface area contributed by atoms with Gasteiger partial charge in [-0.15, -0.1) is 0 Å². The van der Waals surface area contributed by atoms with Gasteiger partial charge >= 0.3 is 12.0 Å². The first kappa shape index (κ1) is 24.5. The van der Waals surface area contributed by atoms with Crippen LogP contribution in [-0.2, 0) is 20.9 Å². The Labute approximate surface area is 208 Å². The number of esters is 1. The summed E-state index contributed by atoms with van der Waals surface area (Å²) < 4.78 is 11.0. The van der Waals surface area contributed by atoms with Crippen LogP contribution in [-0.4, -0.2) is 29.5 Å². The molecule has 2 aliphatic rings. The van der Waals surface area contributed by atoms with Gasteiger partial charge in [0.1, 0.15) is 12.6 Å². The summed E-state index contributed by atoms with van der Waals surface area (Å²) in [5.74, 6) is -0.376. The number of nitriles is 1. The van der Waals surface area contributed by atoms with Crippen molar-refractivity contribution in [3.63, 3.8) is 0 Å². The number of hydrogen-bond donors (Lipinski definition) is 3. The van der Waals surface area contributed by atoms with Crippen molar-refractivity contribution >= 4 is 23.7 Å². The molecule has 1 aromatic heterocycles. The third kappa shape index (κ3) is 5.52. The van der Waals surface area contributed by atoms with Crippen LogP contribution in [0, 0.1) is 11.3 Å². The molecule has 2 aliphatic heterocycles. The van der Waals surface area contributed by atoms with Crippen LogP contribution < -0.4 is 20.7 Å². The number of rotatable bonds is 7. The first-order valence-corrected chi connectivity index (χ1v) is 11.4. The van der Waals surface area contributed by atoms with Crippen molar-refractivity contribution in [1.29, 1.82) is 5.26 Å². The minimum Gasteiger partial charge on any atom is -0.480 e. The number of nitrogens with one attached hydrogen (secondary N) is 3. The number of pyridine rings is 1. The van der Waals surface area contributed by atoms with Gasteiger partial charge in [-0.3, -0.25) is 4.79 Å². The maximum atomic E-state index is 13.4. The van der Waals surface area contributed by atoms with E-state index >= 15 is 0 Å². The highest BCUT2D eigenvalue weighted by atomic mass is 16.5. The fourth-order valence-electron chi connectivity index (χ4n) is 3.84. The van der Waals surface area contributed by atoms with Crippen molar-refractivity contribution in [2.24, 2.45) is 0 Å². The van der Waals surface area contributed by atoms with Gasteiger partial charge < -0.3 is 25.4 Å². The SMILES string of the molecule is C/C=C(\C)CCC1=C(C(=O)OCc2cccc(C#N)c2)C(c2ccc3c(n2)NC(=O)CO3)NC(=O)N1. The Morgan fingerprint density at radius 1 is 1.28 bits per heavy atom. The van der Waals surface area contributed by atoms with Crippen molar-refractivity contribution in [3.8, 4) is 11.8 Å². The minimum absolute atomic E-state index is 0.0544. The number of anilines is 1. The number of ether oxygens (including phenoxy) is 2. The molecule has 10 nitrogen and oxygen atoms in total. The first-order valence-electron chi connectivity index (χ1n) is 11.4. The van der Waals surface area contributed by atoms with Crippen LogP contribution >= 0.6 is 0 Å². The lowest BCUT2D eigenvalue weighted by molar-refractivity contribution is -0.140. The number of hydrogen-bond acceptors (Lipinski definition) is 7. The molecule has 4 rings (SSSR count). The van der Waals surface area contributed by atoms with Crippen molar-refractivity contribution in [1.82, 2.24) is 15.6 Å². The number of carbonyl (C=O) groups excluding carboxylic acids is 3. The number of nitrogens with zero attached hydrogens (tertiary/aromatic N) is 2. The topological polar surface area (TPSA) is 142 Å². The van der Waals surface area contributed by atoms with Crippen molar-refractivity contribution in [2.45, 2.75) is 39.3 Å². The Hall–Kier alpha value is -4.65. The fourth-order valence-corrected chi connectivity index (χ4v) is 3.84. The second-order valence-electron chi connectivity index (χ2n) is 8.37. The van der Waals surface area contributed by atoms with Gasteiger partial charge in [0.05, 0.1) is 22.9 Å². The maximum absolute atomic E-state index is 13.4. The zero-order valence-corrected chi connectivity index (χ0v) is 19.9. The van der Waals surface area contributed by atoms with E-state index in [1.807, 2.05) is 19.9 Å². The first-order chi connectivity index (χ1) is 17.4. The number of benzene rings is 1. The summed E-state index contributed by atoms with van der Waals surface area (Å²) in [4.78, 5) is 42.2. The summed E-state index contributed by atoms with van der Waals surface area (Å²) in [5.41, 5.74) is 3.20. The highest BCUT2D eigenvalue weighted by Gasteiger charge is 2.35. The van der Waals surface area contributed by atoms with E-state index in [2.05, 4.69) is 27.0 Å². The Morgan fingerprint density at radius 2 is 2.11 bits per heavy atom. The summed E-state index contributed by atoms with van der Waals surface area (Å²) in [6.07, 6.45) is 3.00. The van der Waals surface area contributed by atoms with Gasteiger partial charge in [-0.1, -0.05) is 23.8 Å². The van der Waals surface area contributed by atoms with E-state index in [0.717, 1.165) is 5.57 Å². The molecule has 1 aromatic carbocycles. The molecule has 3 amide bonds. The summed E-state index contributed by atoms with van der Waals surface area (Å²) in [7, 11) is 0. The normalized spacial score (nSPS) is 17.1. The van der Waals surface area contributed by atoms with Gasteiger partial charge in [0.2, 0.25) is 0 Å². The number of carbonyl (C=O) groups is 3. The van der Waals surface area contributed by atoms with Gasteiger partial charge in [0, 0.05) is 5.70 Å². The van der Waals surface area contributed by atoms with E-state index in [-0.39, 0.29) is 30.5 Å². The Bertz CT molecular complexity index is 1320. The van der Waals surface area contributed by atoms with Crippen LogP contribution in [0.15, 0.2) is 59.3 Å². The molecule has 0 radical (unpaired) electrons. The van der Waals surface area contributed by atoms with Crippen LogP contribution in [0.5, 0.6) is 5.75 Å². The molecule has 184 valence electrons. The predicted octanol–water partition coefficient (Wildman–Crippen LogP) is 3.38. The molecule has 1 unspecified atom stereocenters. The van der Waals surface area contributed by atoms with Crippen LogP contribution in [0.2, 0.25) is 0 Å². The standard InChI is InChI=1S/C26H25N5O5/c1-3-15(2)7-8-18-22(25(33)36-13-17-6-4-5-16(11-17)12-27)23(31-26(34)29-18)19-9-10-20-24(28-19)30-21(32)14-35-20/h3-6,9-11,23H,7-8,13-14H2,1-2H3,(H,28,30,32)(H2,29,31,34)/b15-3+. The lowest BCUT2D eigenvalue weighted by Gasteiger charge is -2.29. The monoisotopic (exact) mass is 487 g/mol. The Kier molecular flexibility index (Phi) is 7.30. The molecule has 10 heteroatoms. The average Bonchev–Trinajstić information content (AvgIpc) is 2.89. The summed E-state index contributed by atoms with van der Waals surface area (Å²) in [5, 5.41) is 17.3. The van der Waals surface area contributed by atoms with Crippen LogP contribution in [0.3, 0.4) is 0 Å². The minimum atomic E-state index is -0.915. The molecule has 0 fully saturated rings. The predicted molar refractivity (Wildman–Crippen MR) is 129 cm³/mol. The quantitative estimate of drug-likeness (QED) is 0.401. The smallest absolute Gasteiger partial charge is 0.338 e.